The molecule has 5 heteroatoms. The SMILES string of the molecule is CCc1ccc(O[C@@H](CC)C(=O)NCCSCc2ccco2)cc1. The van der Waals surface area contributed by atoms with Gasteiger partial charge in [-0.3, -0.25) is 4.79 Å². The van der Waals surface area contributed by atoms with Crippen molar-refractivity contribution >= 4 is 17.7 Å². The lowest BCUT2D eigenvalue weighted by atomic mass is 10.2. The molecular formula is C19H25NO3S. The normalized spacial score (nSPS) is 11.9. The van der Waals surface area contributed by atoms with Gasteiger partial charge in [0.15, 0.2) is 6.10 Å². The highest BCUT2D eigenvalue weighted by atomic mass is 32.2. The van der Waals surface area contributed by atoms with Crippen molar-refractivity contribution in [2.45, 2.75) is 38.5 Å². The first-order chi connectivity index (χ1) is 11.7. The molecule has 0 aliphatic heterocycles. The van der Waals surface area contributed by atoms with E-state index in [1.165, 1.54) is 5.56 Å². The lowest BCUT2D eigenvalue weighted by molar-refractivity contribution is -0.127. The number of amides is 1. The molecular weight excluding hydrogens is 322 g/mol. The Balaban J connectivity index is 1.70. The van der Waals surface area contributed by atoms with Crippen LogP contribution in [-0.2, 0) is 17.0 Å². The third kappa shape index (κ3) is 5.96. The van der Waals surface area contributed by atoms with Crippen molar-refractivity contribution in [1.82, 2.24) is 5.32 Å². The predicted octanol–water partition coefficient (Wildman–Crippen LogP) is 4.05. The number of aryl methyl sites for hydroxylation is 1. The maximum Gasteiger partial charge on any atom is 0.261 e. The van der Waals surface area contributed by atoms with Crippen LogP contribution < -0.4 is 10.1 Å². The van der Waals surface area contributed by atoms with Gasteiger partial charge in [0.1, 0.15) is 11.5 Å². The summed E-state index contributed by atoms with van der Waals surface area (Å²) in [5.74, 6) is 3.29. The minimum atomic E-state index is -0.451. The van der Waals surface area contributed by atoms with Gasteiger partial charge in [0.25, 0.3) is 5.91 Å². The number of nitrogens with one attached hydrogen (secondary N) is 1. The van der Waals surface area contributed by atoms with Gasteiger partial charge < -0.3 is 14.5 Å². The Morgan fingerprint density at radius 2 is 2.04 bits per heavy atom. The molecule has 0 fully saturated rings. The molecule has 1 aromatic carbocycles. The number of furan rings is 1. The maximum atomic E-state index is 12.2. The van der Waals surface area contributed by atoms with Gasteiger partial charge in [0.05, 0.1) is 12.0 Å². The van der Waals surface area contributed by atoms with Gasteiger partial charge in [0.2, 0.25) is 0 Å². The Hall–Kier alpha value is -1.88. The Labute approximate surface area is 148 Å². The molecule has 1 aromatic heterocycles. The standard InChI is InChI=1S/C19H25NO3S/c1-3-15-7-9-16(10-8-15)23-18(4-2)19(21)20-11-13-24-14-17-6-5-12-22-17/h5-10,12,18H,3-4,11,13-14H2,1-2H3,(H,20,21)/t18-/m0/s1. The predicted molar refractivity (Wildman–Crippen MR) is 98.4 cm³/mol. The number of ether oxygens (including phenoxy) is 1. The summed E-state index contributed by atoms with van der Waals surface area (Å²) < 4.78 is 11.1. The second-order valence-corrected chi connectivity index (χ2v) is 6.54. The molecule has 4 nitrogen and oxygen atoms in total. The average molecular weight is 347 g/mol. The molecule has 1 N–H and O–H groups in total. The van der Waals surface area contributed by atoms with Crippen molar-refractivity contribution in [1.29, 1.82) is 0 Å². The van der Waals surface area contributed by atoms with Crippen LogP contribution in [-0.4, -0.2) is 24.3 Å². The van der Waals surface area contributed by atoms with Crippen LogP contribution in [0.4, 0.5) is 0 Å². The van der Waals surface area contributed by atoms with E-state index >= 15 is 0 Å². The fourth-order valence-electron chi connectivity index (χ4n) is 2.22. The molecule has 24 heavy (non-hydrogen) atoms. The monoisotopic (exact) mass is 347 g/mol. The summed E-state index contributed by atoms with van der Waals surface area (Å²) in [5.41, 5.74) is 1.26. The van der Waals surface area contributed by atoms with Crippen LogP contribution in [0, 0.1) is 0 Å². The topological polar surface area (TPSA) is 51.5 Å². The lowest BCUT2D eigenvalue weighted by Crippen LogP contribution is -2.39. The molecule has 0 aliphatic rings. The van der Waals surface area contributed by atoms with Crippen LogP contribution in [0.15, 0.2) is 47.1 Å². The fourth-order valence-corrected chi connectivity index (χ4v) is 2.97. The van der Waals surface area contributed by atoms with Crippen LogP contribution in [0.25, 0.3) is 0 Å². The number of carbonyl (C=O) groups excluding carboxylic acids is 1. The number of hydrogen-bond donors (Lipinski definition) is 1. The highest BCUT2D eigenvalue weighted by molar-refractivity contribution is 7.98. The average Bonchev–Trinajstić information content (AvgIpc) is 3.13. The van der Waals surface area contributed by atoms with Gasteiger partial charge in [-0.2, -0.15) is 11.8 Å². The molecule has 0 saturated heterocycles. The van der Waals surface area contributed by atoms with E-state index in [-0.39, 0.29) is 5.91 Å². The molecule has 1 atom stereocenters. The van der Waals surface area contributed by atoms with Crippen LogP contribution in [0.5, 0.6) is 5.75 Å². The van der Waals surface area contributed by atoms with Crippen molar-refractivity contribution in [3.8, 4) is 5.75 Å². The highest BCUT2D eigenvalue weighted by Crippen LogP contribution is 2.16. The van der Waals surface area contributed by atoms with Crippen molar-refractivity contribution in [3.05, 3.63) is 54.0 Å². The fraction of sp³-hybridized carbons (Fsp3) is 0.421. The van der Waals surface area contributed by atoms with E-state index in [1.807, 2.05) is 43.3 Å². The number of thioether (sulfide) groups is 1. The minimum absolute atomic E-state index is 0.0596. The number of rotatable bonds is 10. The van der Waals surface area contributed by atoms with E-state index in [1.54, 1.807) is 18.0 Å². The Morgan fingerprint density at radius 1 is 1.25 bits per heavy atom. The van der Waals surface area contributed by atoms with Crippen LogP contribution in [0.3, 0.4) is 0 Å². The Morgan fingerprint density at radius 3 is 2.67 bits per heavy atom. The summed E-state index contributed by atoms with van der Waals surface area (Å²) >= 11 is 1.73. The molecule has 0 radical (unpaired) electrons. The van der Waals surface area contributed by atoms with E-state index in [0.717, 1.165) is 29.4 Å². The third-order valence-corrected chi connectivity index (χ3v) is 4.62. The first-order valence-electron chi connectivity index (χ1n) is 8.36. The van der Waals surface area contributed by atoms with Gasteiger partial charge in [-0.1, -0.05) is 26.0 Å². The zero-order chi connectivity index (χ0) is 17.2. The summed E-state index contributed by atoms with van der Waals surface area (Å²) in [4.78, 5) is 12.2. The van der Waals surface area contributed by atoms with Gasteiger partial charge in [-0.05, 0) is 42.7 Å². The van der Waals surface area contributed by atoms with Gasteiger partial charge in [-0.25, -0.2) is 0 Å². The molecule has 0 bridgehead atoms. The Bertz CT molecular complexity index is 596. The van der Waals surface area contributed by atoms with Gasteiger partial charge in [0, 0.05) is 12.3 Å². The minimum Gasteiger partial charge on any atom is -0.481 e. The first-order valence-corrected chi connectivity index (χ1v) is 9.51. The molecule has 1 heterocycles. The molecule has 2 aromatic rings. The highest BCUT2D eigenvalue weighted by Gasteiger charge is 2.17. The molecule has 2 rings (SSSR count). The van der Waals surface area contributed by atoms with E-state index in [2.05, 4.69) is 12.2 Å². The van der Waals surface area contributed by atoms with Gasteiger partial charge >= 0.3 is 0 Å². The summed E-state index contributed by atoms with van der Waals surface area (Å²) in [5, 5.41) is 2.94. The van der Waals surface area contributed by atoms with Gasteiger partial charge in [-0.15, -0.1) is 0 Å². The summed E-state index contributed by atoms with van der Waals surface area (Å²) in [6, 6.07) is 11.8. The second-order valence-electron chi connectivity index (χ2n) is 5.44. The van der Waals surface area contributed by atoms with Crippen molar-refractivity contribution < 1.29 is 13.9 Å². The summed E-state index contributed by atoms with van der Waals surface area (Å²) in [7, 11) is 0. The van der Waals surface area contributed by atoms with E-state index in [0.29, 0.717) is 13.0 Å². The quantitative estimate of drug-likeness (QED) is 0.659. The lowest BCUT2D eigenvalue weighted by Gasteiger charge is -2.17. The molecule has 0 spiro atoms. The molecule has 130 valence electrons. The first kappa shape index (κ1) is 18.5. The molecule has 1 amide bonds. The largest absolute Gasteiger partial charge is 0.481 e. The van der Waals surface area contributed by atoms with E-state index in [9.17, 15) is 4.79 Å². The molecule has 0 aliphatic carbocycles. The maximum absolute atomic E-state index is 12.2. The number of hydrogen-bond acceptors (Lipinski definition) is 4. The summed E-state index contributed by atoms with van der Waals surface area (Å²) in [6.45, 7) is 4.69. The molecule has 0 unspecified atom stereocenters. The van der Waals surface area contributed by atoms with Crippen molar-refractivity contribution in [3.63, 3.8) is 0 Å². The smallest absolute Gasteiger partial charge is 0.261 e. The number of carbonyl (C=O) groups is 1. The van der Waals surface area contributed by atoms with Crippen LogP contribution in [0.2, 0.25) is 0 Å². The molecule has 0 saturated carbocycles. The van der Waals surface area contributed by atoms with E-state index in [4.69, 9.17) is 9.15 Å². The van der Waals surface area contributed by atoms with Crippen molar-refractivity contribution in [2.75, 3.05) is 12.3 Å². The zero-order valence-corrected chi connectivity index (χ0v) is 15.1. The van der Waals surface area contributed by atoms with Crippen LogP contribution in [0.1, 0.15) is 31.6 Å². The third-order valence-electron chi connectivity index (χ3n) is 3.64. The van der Waals surface area contributed by atoms with Crippen molar-refractivity contribution in [2.24, 2.45) is 0 Å². The summed E-state index contributed by atoms with van der Waals surface area (Å²) in [6.07, 6.45) is 2.86. The van der Waals surface area contributed by atoms with E-state index < -0.39 is 6.10 Å². The van der Waals surface area contributed by atoms with Crippen LogP contribution >= 0.6 is 11.8 Å². The Kier molecular flexibility index (Phi) is 7.75. The second kappa shape index (κ2) is 10.1. The zero-order valence-electron chi connectivity index (χ0n) is 14.3. The number of benzene rings is 1.